The third kappa shape index (κ3) is 4.97. The maximum atomic E-state index is 5.82. The van der Waals surface area contributed by atoms with Gasteiger partial charge in [-0.15, -0.1) is 0 Å². The normalized spacial score (nSPS) is 27.0. The second kappa shape index (κ2) is 7.24. The number of hydrogen-bond donors (Lipinski definition) is 1. The zero-order chi connectivity index (χ0) is 10.2. The first-order valence-corrected chi connectivity index (χ1v) is 6.20. The summed E-state index contributed by atoms with van der Waals surface area (Å²) < 4.78 is 5.77. The van der Waals surface area contributed by atoms with Crippen LogP contribution in [0, 0.1) is 0 Å². The van der Waals surface area contributed by atoms with Crippen LogP contribution >= 0.6 is 0 Å². The van der Waals surface area contributed by atoms with E-state index in [0.717, 1.165) is 19.4 Å². The summed E-state index contributed by atoms with van der Waals surface area (Å²) >= 11 is 0. The Morgan fingerprint density at radius 3 is 2.57 bits per heavy atom. The van der Waals surface area contributed by atoms with Gasteiger partial charge in [-0.2, -0.15) is 0 Å². The van der Waals surface area contributed by atoms with Crippen LogP contribution in [-0.2, 0) is 4.74 Å². The van der Waals surface area contributed by atoms with E-state index in [-0.39, 0.29) is 0 Å². The summed E-state index contributed by atoms with van der Waals surface area (Å²) in [6.45, 7) is 3.19. The Morgan fingerprint density at radius 1 is 1.14 bits per heavy atom. The van der Waals surface area contributed by atoms with Gasteiger partial charge in [0, 0.05) is 12.6 Å². The molecule has 0 bridgehead atoms. The van der Waals surface area contributed by atoms with E-state index in [9.17, 15) is 0 Å². The molecule has 14 heavy (non-hydrogen) atoms. The van der Waals surface area contributed by atoms with Crippen molar-refractivity contribution >= 4 is 0 Å². The van der Waals surface area contributed by atoms with Gasteiger partial charge in [-0.3, -0.25) is 0 Å². The van der Waals surface area contributed by atoms with Crippen LogP contribution in [0.15, 0.2) is 0 Å². The Labute approximate surface area is 88.2 Å². The third-order valence-corrected chi connectivity index (χ3v) is 3.03. The van der Waals surface area contributed by atoms with Gasteiger partial charge in [-0.25, -0.2) is 0 Å². The lowest BCUT2D eigenvalue weighted by Gasteiger charge is -2.10. The molecule has 2 N–H and O–H groups in total. The smallest absolute Gasteiger partial charge is 0.0590 e. The number of hydrogen-bond acceptors (Lipinski definition) is 2. The summed E-state index contributed by atoms with van der Waals surface area (Å²) in [5, 5.41) is 0. The third-order valence-electron chi connectivity index (χ3n) is 3.03. The Hall–Kier alpha value is -0.0800. The highest BCUT2D eigenvalue weighted by atomic mass is 16.5. The molecule has 0 radical (unpaired) electrons. The van der Waals surface area contributed by atoms with Gasteiger partial charge in [-0.1, -0.05) is 32.6 Å². The van der Waals surface area contributed by atoms with E-state index >= 15 is 0 Å². The van der Waals surface area contributed by atoms with E-state index in [4.69, 9.17) is 10.5 Å². The lowest BCUT2D eigenvalue weighted by molar-refractivity contribution is 0.0548. The molecule has 0 aromatic carbocycles. The monoisotopic (exact) mass is 199 g/mol. The van der Waals surface area contributed by atoms with Gasteiger partial charge in [0.15, 0.2) is 0 Å². The van der Waals surface area contributed by atoms with Crippen molar-refractivity contribution in [3.63, 3.8) is 0 Å². The van der Waals surface area contributed by atoms with Crippen molar-refractivity contribution < 1.29 is 4.74 Å². The molecule has 2 atom stereocenters. The highest BCUT2D eigenvalue weighted by molar-refractivity contribution is 4.77. The number of rotatable bonds is 7. The van der Waals surface area contributed by atoms with Crippen molar-refractivity contribution in [1.82, 2.24) is 0 Å². The van der Waals surface area contributed by atoms with Crippen LogP contribution in [0.4, 0.5) is 0 Å². The summed E-state index contributed by atoms with van der Waals surface area (Å²) in [7, 11) is 0. The molecule has 1 aliphatic carbocycles. The van der Waals surface area contributed by atoms with Crippen molar-refractivity contribution in [3.05, 3.63) is 0 Å². The lowest BCUT2D eigenvalue weighted by atomic mass is 10.2. The molecule has 0 aromatic heterocycles. The second-order valence-corrected chi connectivity index (χ2v) is 4.48. The molecule has 0 heterocycles. The Kier molecular flexibility index (Phi) is 6.20. The topological polar surface area (TPSA) is 35.2 Å². The molecule has 0 saturated heterocycles. The van der Waals surface area contributed by atoms with E-state index in [1.54, 1.807) is 0 Å². The van der Waals surface area contributed by atoms with E-state index < -0.39 is 0 Å². The molecule has 0 spiro atoms. The largest absolute Gasteiger partial charge is 0.378 e. The molecule has 2 nitrogen and oxygen atoms in total. The van der Waals surface area contributed by atoms with Gasteiger partial charge in [0.05, 0.1) is 6.10 Å². The van der Waals surface area contributed by atoms with E-state index in [2.05, 4.69) is 6.92 Å². The van der Waals surface area contributed by atoms with E-state index in [1.807, 2.05) is 0 Å². The molecule has 0 aliphatic heterocycles. The molecule has 2 unspecified atom stereocenters. The van der Waals surface area contributed by atoms with Crippen molar-refractivity contribution in [3.8, 4) is 0 Å². The molecular formula is C12H25NO. The first-order chi connectivity index (χ1) is 6.83. The summed E-state index contributed by atoms with van der Waals surface area (Å²) in [6, 6.07) is 0.403. The molecule has 1 rings (SSSR count). The lowest BCUT2D eigenvalue weighted by Crippen LogP contribution is -2.17. The first-order valence-electron chi connectivity index (χ1n) is 6.20. The molecular weight excluding hydrogens is 174 g/mol. The molecule has 0 aromatic rings. The minimum atomic E-state index is 0.403. The van der Waals surface area contributed by atoms with Gasteiger partial charge in [0.1, 0.15) is 0 Å². The van der Waals surface area contributed by atoms with Crippen molar-refractivity contribution in [2.24, 2.45) is 5.73 Å². The van der Waals surface area contributed by atoms with Gasteiger partial charge in [0.2, 0.25) is 0 Å². The van der Waals surface area contributed by atoms with Gasteiger partial charge < -0.3 is 10.5 Å². The van der Waals surface area contributed by atoms with Crippen LogP contribution in [-0.4, -0.2) is 18.8 Å². The minimum absolute atomic E-state index is 0.403. The molecule has 1 fully saturated rings. The predicted molar refractivity (Wildman–Crippen MR) is 60.3 cm³/mol. The molecule has 1 aliphatic rings. The van der Waals surface area contributed by atoms with Crippen LogP contribution in [0.1, 0.15) is 58.3 Å². The summed E-state index contributed by atoms with van der Waals surface area (Å²) in [5.74, 6) is 0. The predicted octanol–water partition coefficient (Wildman–Crippen LogP) is 2.85. The van der Waals surface area contributed by atoms with Gasteiger partial charge in [0.25, 0.3) is 0 Å². The average molecular weight is 199 g/mol. The molecule has 0 amide bonds. The minimum Gasteiger partial charge on any atom is -0.378 e. The number of ether oxygens (including phenoxy) is 1. The maximum Gasteiger partial charge on any atom is 0.0590 e. The van der Waals surface area contributed by atoms with Crippen LogP contribution in [0.3, 0.4) is 0 Å². The zero-order valence-corrected chi connectivity index (χ0v) is 9.50. The highest BCUT2D eigenvalue weighted by Crippen LogP contribution is 2.20. The van der Waals surface area contributed by atoms with E-state index in [1.165, 1.54) is 38.5 Å². The Morgan fingerprint density at radius 2 is 1.93 bits per heavy atom. The van der Waals surface area contributed by atoms with Crippen LogP contribution in [0.25, 0.3) is 0 Å². The maximum absolute atomic E-state index is 5.82. The quantitative estimate of drug-likeness (QED) is 0.640. The Balaban J connectivity index is 1.84. The van der Waals surface area contributed by atoms with Crippen LogP contribution in [0.2, 0.25) is 0 Å². The van der Waals surface area contributed by atoms with Crippen molar-refractivity contribution in [1.29, 1.82) is 0 Å². The molecule has 2 heteroatoms. The number of nitrogens with two attached hydrogens (primary N) is 1. The van der Waals surface area contributed by atoms with Crippen molar-refractivity contribution in [2.75, 3.05) is 6.61 Å². The van der Waals surface area contributed by atoms with Gasteiger partial charge >= 0.3 is 0 Å². The first kappa shape index (κ1) is 12.0. The fourth-order valence-electron chi connectivity index (χ4n) is 2.08. The summed E-state index contributed by atoms with van der Waals surface area (Å²) in [6.07, 6.45) is 10.5. The molecule has 1 saturated carbocycles. The van der Waals surface area contributed by atoms with Crippen molar-refractivity contribution in [2.45, 2.75) is 70.4 Å². The number of unbranched alkanes of at least 4 members (excludes halogenated alkanes) is 4. The molecule has 84 valence electrons. The average Bonchev–Trinajstić information content (AvgIpc) is 2.58. The summed E-state index contributed by atoms with van der Waals surface area (Å²) in [5.41, 5.74) is 5.82. The van der Waals surface area contributed by atoms with Crippen LogP contribution < -0.4 is 5.73 Å². The van der Waals surface area contributed by atoms with Crippen LogP contribution in [0.5, 0.6) is 0 Å². The standard InChI is InChI=1S/C12H25NO/c1-2-3-4-5-6-9-14-12-8-7-11(13)10-12/h11-12H,2-10,13H2,1H3. The van der Waals surface area contributed by atoms with Gasteiger partial charge in [-0.05, 0) is 25.7 Å². The second-order valence-electron chi connectivity index (χ2n) is 4.48. The van der Waals surface area contributed by atoms with E-state index in [0.29, 0.717) is 12.1 Å². The SMILES string of the molecule is CCCCCCCOC1CCC(N)C1. The zero-order valence-electron chi connectivity index (χ0n) is 9.50. The fraction of sp³-hybridized carbons (Fsp3) is 1.00. The Bertz CT molecular complexity index is 138. The fourth-order valence-corrected chi connectivity index (χ4v) is 2.08. The highest BCUT2D eigenvalue weighted by Gasteiger charge is 2.21. The summed E-state index contributed by atoms with van der Waals surface area (Å²) in [4.78, 5) is 0.